The second-order valence-electron chi connectivity index (χ2n) is 5.71. The molecule has 100 valence electrons. The number of rotatable bonds is 2. The Morgan fingerprint density at radius 1 is 1.22 bits per heavy atom. The van der Waals surface area contributed by atoms with Crippen molar-refractivity contribution < 1.29 is 4.79 Å². The van der Waals surface area contributed by atoms with Gasteiger partial charge in [-0.1, -0.05) is 19.3 Å². The zero-order valence-electron chi connectivity index (χ0n) is 10.8. The molecule has 5 nitrogen and oxygen atoms in total. The number of nitrogens with two attached hydrogens (primary N) is 1. The number of nitrogens with one attached hydrogen (secondary N) is 1. The Hall–Kier alpha value is -1.10. The van der Waals surface area contributed by atoms with Gasteiger partial charge in [0, 0.05) is 12.5 Å². The van der Waals surface area contributed by atoms with Crippen molar-refractivity contribution in [3.63, 3.8) is 0 Å². The predicted octanol–water partition coefficient (Wildman–Crippen LogP) is 1.15. The van der Waals surface area contributed by atoms with Gasteiger partial charge in [-0.05, 0) is 31.6 Å². The predicted molar refractivity (Wildman–Crippen MR) is 69.6 cm³/mol. The summed E-state index contributed by atoms with van der Waals surface area (Å²) in [5.41, 5.74) is 8.54. The average Bonchev–Trinajstić information content (AvgIpc) is 2.83. The number of aliphatic imine (C=N–C) groups is 1. The molecule has 3 aliphatic rings. The largest absolute Gasteiger partial charge is 0.367 e. The molecule has 0 radical (unpaired) electrons. The summed E-state index contributed by atoms with van der Waals surface area (Å²) >= 11 is 0. The molecule has 3 N–H and O–H groups in total. The highest BCUT2D eigenvalue weighted by atomic mass is 16.2. The highest BCUT2D eigenvalue weighted by molar-refractivity contribution is 5.90. The fourth-order valence-electron chi connectivity index (χ4n) is 3.61. The number of primary amides is 1. The van der Waals surface area contributed by atoms with Gasteiger partial charge in [-0.25, -0.2) is 10.4 Å². The van der Waals surface area contributed by atoms with Gasteiger partial charge < -0.3 is 5.73 Å². The molecule has 2 fully saturated rings. The fourth-order valence-corrected chi connectivity index (χ4v) is 3.61. The molecule has 0 aromatic carbocycles. The number of piperidine rings is 1. The first-order valence-electron chi connectivity index (χ1n) is 7.17. The van der Waals surface area contributed by atoms with Crippen molar-refractivity contribution in [1.29, 1.82) is 0 Å². The number of carbonyl (C=O) groups is 1. The third-order valence-electron chi connectivity index (χ3n) is 4.51. The monoisotopic (exact) mass is 250 g/mol. The smallest absolute Gasteiger partial charge is 0.258 e. The second-order valence-corrected chi connectivity index (χ2v) is 5.71. The highest BCUT2D eigenvalue weighted by Gasteiger charge is 2.38. The zero-order chi connectivity index (χ0) is 12.5. The number of nitrogens with zero attached hydrogens (tertiary/aromatic N) is 2. The number of amidine groups is 1. The number of hydrogen-bond donors (Lipinski definition) is 2. The van der Waals surface area contributed by atoms with Gasteiger partial charge in [0.25, 0.3) is 5.91 Å². The summed E-state index contributed by atoms with van der Waals surface area (Å²) in [7, 11) is 0. The Morgan fingerprint density at radius 3 is 2.72 bits per heavy atom. The van der Waals surface area contributed by atoms with Gasteiger partial charge in [0.2, 0.25) is 0 Å². The minimum atomic E-state index is -0.538. The molecule has 2 unspecified atom stereocenters. The van der Waals surface area contributed by atoms with Crippen LogP contribution in [-0.4, -0.2) is 29.0 Å². The molecule has 18 heavy (non-hydrogen) atoms. The lowest BCUT2D eigenvalue weighted by molar-refractivity contribution is -0.120. The van der Waals surface area contributed by atoms with Gasteiger partial charge in [-0.15, -0.1) is 0 Å². The topological polar surface area (TPSA) is 70.7 Å². The molecular weight excluding hydrogens is 228 g/mol. The lowest BCUT2D eigenvalue weighted by Gasteiger charge is -2.41. The number of hydrazine groups is 1. The maximum atomic E-state index is 11.3. The Kier molecular flexibility index (Phi) is 3.24. The molecule has 1 amide bonds. The van der Waals surface area contributed by atoms with Crippen LogP contribution in [0, 0.1) is 5.92 Å². The van der Waals surface area contributed by atoms with Crippen molar-refractivity contribution in [2.45, 2.75) is 63.6 Å². The van der Waals surface area contributed by atoms with Crippen molar-refractivity contribution in [3.8, 4) is 0 Å². The van der Waals surface area contributed by atoms with Crippen LogP contribution < -0.4 is 11.2 Å². The van der Waals surface area contributed by atoms with Crippen LogP contribution in [0.15, 0.2) is 4.99 Å². The van der Waals surface area contributed by atoms with E-state index in [0.717, 1.165) is 18.2 Å². The molecule has 0 aromatic rings. The van der Waals surface area contributed by atoms with Crippen molar-refractivity contribution in [2.24, 2.45) is 16.6 Å². The Balaban J connectivity index is 1.73. The molecule has 2 aliphatic heterocycles. The first-order valence-corrected chi connectivity index (χ1v) is 7.17. The Morgan fingerprint density at radius 2 is 2.00 bits per heavy atom. The molecule has 1 aliphatic carbocycles. The van der Waals surface area contributed by atoms with E-state index in [-0.39, 0.29) is 5.91 Å². The van der Waals surface area contributed by atoms with Crippen LogP contribution >= 0.6 is 0 Å². The maximum Gasteiger partial charge on any atom is 0.258 e. The van der Waals surface area contributed by atoms with Crippen molar-refractivity contribution in [1.82, 2.24) is 10.4 Å². The van der Waals surface area contributed by atoms with E-state index in [9.17, 15) is 4.79 Å². The Labute approximate surface area is 108 Å². The number of amides is 1. The molecule has 2 heterocycles. The molecule has 0 aromatic heterocycles. The molecule has 0 spiro atoms. The van der Waals surface area contributed by atoms with Gasteiger partial charge in [-0.2, -0.15) is 0 Å². The van der Waals surface area contributed by atoms with Crippen LogP contribution in [0.2, 0.25) is 0 Å². The number of hydrogen-bond acceptors (Lipinski definition) is 4. The van der Waals surface area contributed by atoms with E-state index in [2.05, 4.69) is 15.4 Å². The van der Waals surface area contributed by atoms with Gasteiger partial charge in [0.15, 0.2) is 6.17 Å². The molecular formula is C13H22N4O. The molecule has 2 atom stereocenters. The van der Waals surface area contributed by atoms with Gasteiger partial charge in [-0.3, -0.25) is 9.80 Å². The minimum absolute atomic E-state index is 0.376. The fraction of sp³-hybridized carbons (Fsp3) is 0.846. The summed E-state index contributed by atoms with van der Waals surface area (Å²) in [5, 5.41) is 2.16. The summed E-state index contributed by atoms with van der Waals surface area (Å²) < 4.78 is 0. The SMILES string of the molecule is NC(=O)C1N=C2CCCC(C3CCCCC3)N2N1. The summed E-state index contributed by atoms with van der Waals surface area (Å²) in [6.45, 7) is 0. The van der Waals surface area contributed by atoms with E-state index in [1.807, 2.05) is 0 Å². The van der Waals surface area contributed by atoms with Crippen LogP contribution in [-0.2, 0) is 4.79 Å². The van der Waals surface area contributed by atoms with E-state index in [1.165, 1.54) is 44.9 Å². The van der Waals surface area contributed by atoms with E-state index < -0.39 is 6.17 Å². The lowest BCUT2D eigenvalue weighted by Crippen LogP contribution is -2.54. The first-order chi connectivity index (χ1) is 8.75. The third kappa shape index (κ3) is 2.11. The molecule has 1 saturated heterocycles. The van der Waals surface area contributed by atoms with Crippen molar-refractivity contribution in [2.75, 3.05) is 0 Å². The normalized spacial score (nSPS) is 33.1. The zero-order valence-corrected chi connectivity index (χ0v) is 10.8. The van der Waals surface area contributed by atoms with Crippen LogP contribution in [0.25, 0.3) is 0 Å². The van der Waals surface area contributed by atoms with E-state index in [0.29, 0.717) is 6.04 Å². The highest BCUT2D eigenvalue weighted by Crippen LogP contribution is 2.34. The second kappa shape index (κ2) is 4.88. The summed E-state index contributed by atoms with van der Waals surface area (Å²) in [4.78, 5) is 15.7. The summed E-state index contributed by atoms with van der Waals surface area (Å²) in [5.74, 6) is 1.42. The Bertz CT molecular complexity index is 362. The van der Waals surface area contributed by atoms with E-state index >= 15 is 0 Å². The van der Waals surface area contributed by atoms with Gasteiger partial charge in [0.1, 0.15) is 5.84 Å². The minimum Gasteiger partial charge on any atom is -0.367 e. The molecule has 0 bridgehead atoms. The van der Waals surface area contributed by atoms with Crippen LogP contribution in [0.5, 0.6) is 0 Å². The summed E-state index contributed by atoms with van der Waals surface area (Å²) in [6, 6.07) is 0.516. The van der Waals surface area contributed by atoms with Crippen LogP contribution in [0.1, 0.15) is 51.4 Å². The summed E-state index contributed by atoms with van der Waals surface area (Å²) in [6.07, 6.45) is 9.54. The first kappa shape index (κ1) is 12.0. The standard InChI is InChI=1S/C13H22N4O/c14-12(18)13-15-11-8-4-7-10(17(11)16-13)9-5-2-1-3-6-9/h9-10,13,16H,1-8H2,(H2,14,18). The maximum absolute atomic E-state index is 11.3. The molecule has 3 rings (SSSR count). The average molecular weight is 250 g/mol. The number of fused-ring (bicyclic) bond motifs is 1. The lowest BCUT2D eigenvalue weighted by atomic mass is 9.80. The van der Waals surface area contributed by atoms with Crippen molar-refractivity contribution >= 4 is 11.7 Å². The van der Waals surface area contributed by atoms with Crippen LogP contribution in [0.3, 0.4) is 0 Å². The van der Waals surface area contributed by atoms with E-state index in [4.69, 9.17) is 5.73 Å². The number of carbonyl (C=O) groups excluding carboxylic acids is 1. The molecule has 5 heteroatoms. The van der Waals surface area contributed by atoms with Crippen LogP contribution in [0.4, 0.5) is 0 Å². The molecule has 1 saturated carbocycles. The van der Waals surface area contributed by atoms with Gasteiger partial charge in [0.05, 0.1) is 0 Å². The quantitative estimate of drug-likeness (QED) is 0.772. The third-order valence-corrected chi connectivity index (χ3v) is 4.51. The van der Waals surface area contributed by atoms with Crippen molar-refractivity contribution in [3.05, 3.63) is 0 Å². The van der Waals surface area contributed by atoms with Gasteiger partial charge >= 0.3 is 0 Å². The van der Waals surface area contributed by atoms with E-state index in [1.54, 1.807) is 0 Å².